The van der Waals surface area contributed by atoms with Gasteiger partial charge in [0.15, 0.2) is 0 Å². The average molecular weight is 173 g/mol. The lowest BCUT2D eigenvalue weighted by molar-refractivity contribution is 0.666. The van der Waals surface area contributed by atoms with Gasteiger partial charge in [0, 0.05) is 12.4 Å². The molecule has 0 fully saturated rings. The fourth-order valence-electron chi connectivity index (χ4n) is 1.21. The minimum absolute atomic E-state index is 0.745. The minimum Gasteiger partial charge on any atom is -0.266 e. The summed E-state index contributed by atoms with van der Waals surface area (Å²) in [6, 6.07) is 7.89. The Labute approximate surface area is 77.0 Å². The molecule has 0 aliphatic rings. The van der Waals surface area contributed by atoms with Crippen LogP contribution in [0.3, 0.4) is 0 Å². The van der Waals surface area contributed by atoms with Crippen molar-refractivity contribution in [2.24, 2.45) is 0 Å². The number of hydrogen-bond donors (Lipinski definition) is 0. The van der Waals surface area contributed by atoms with Gasteiger partial charge in [-0.25, -0.2) is 0 Å². The molecule has 2 rings (SSSR count). The first-order chi connectivity index (χ1) is 6.34. The van der Waals surface area contributed by atoms with Gasteiger partial charge in [-0.3, -0.25) is 9.67 Å². The molecular formula is C10H11N3. The van der Waals surface area contributed by atoms with Gasteiger partial charge in [0.05, 0.1) is 17.9 Å². The number of aromatic nitrogens is 3. The Kier molecular flexibility index (Phi) is 2.08. The molecule has 2 aromatic rings. The fourth-order valence-corrected chi connectivity index (χ4v) is 1.21. The topological polar surface area (TPSA) is 30.7 Å². The van der Waals surface area contributed by atoms with Crippen LogP contribution in [0.5, 0.6) is 0 Å². The van der Waals surface area contributed by atoms with Crippen molar-refractivity contribution in [3.05, 3.63) is 48.0 Å². The maximum Gasteiger partial charge on any atom is 0.0831 e. The third-order valence-electron chi connectivity index (χ3n) is 1.82. The van der Waals surface area contributed by atoms with E-state index >= 15 is 0 Å². The van der Waals surface area contributed by atoms with Crippen LogP contribution in [0.4, 0.5) is 0 Å². The molecule has 0 unspecified atom stereocenters. The molecular weight excluding hydrogens is 162 g/mol. The average Bonchev–Trinajstić information content (AvgIpc) is 2.53. The second-order valence-electron chi connectivity index (χ2n) is 2.98. The van der Waals surface area contributed by atoms with Gasteiger partial charge in [-0.2, -0.15) is 5.10 Å². The minimum atomic E-state index is 0.745. The van der Waals surface area contributed by atoms with E-state index in [-0.39, 0.29) is 0 Å². The summed E-state index contributed by atoms with van der Waals surface area (Å²) < 4.78 is 1.89. The van der Waals surface area contributed by atoms with E-state index in [0.717, 1.165) is 17.9 Å². The lowest BCUT2D eigenvalue weighted by Crippen LogP contribution is -2.01. The number of pyridine rings is 1. The van der Waals surface area contributed by atoms with Crippen LogP contribution >= 0.6 is 0 Å². The summed E-state index contributed by atoms with van der Waals surface area (Å²) in [6.45, 7) is 2.73. The predicted molar refractivity (Wildman–Crippen MR) is 50.3 cm³/mol. The molecule has 0 aromatic carbocycles. The molecule has 3 nitrogen and oxygen atoms in total. The Morgan fingerprint density at radius 3 is 2.85 bits per heavy atom. The third kappa shape index (κ3) is 1.93. The van der Waals surface area contributed by atoms with Gasteiger partial charge in [-0.15, -0.1) is 0 Å². The van der Waals surface area contributed by atoms with E-state index in [0.29, 0.717) is 0 Å². The fraction of sp³-hybridized carbons (Fsp3) is 0.200. The Morgan fingerprint density at radius 1 is 1.31 bits per heavy atom. The van der Waals surface area contributed by atoms with E-state index in [9.17, 15) is 0 Å². The molecule has 0 bridgehead atoms. The zero-order valence-electron chi connectivity index (χ0n) is 7.51. The molecule has 0 atom stereocenters. The maximum absolute atomic E-state index is 4.28. The molecule has 2 heterocycles. The summed E-state index contributed by atoms with van der Waals surface area (Å²) in [5, 5.41) is 4.28. The Balaban J connectivity index is 2.15. The molecule has 2 aromatic heterocycles. The molecule has 0 aliphatic carbocycles. The van der Waals surface area contributed by atoms with Crippen LogP contribution in [-0.4, -0.2) is 14.8 Å². The molecule has 0 spiro atoms. The largest absolute Gasteiger partial charge is 0.266 e. The lowest BCUT2D eigenvalue weighted by atomic mass is 10.3. The first-order valence-corrected chi connectivity index (χ1v) is 4.24. The van der Waals surface area contributed by atoms with Crippen molar-refractivity contribution in [1.82, 2.24) is 14.8 Å². The number of aryl methyl sites for hydroxylation is 1. The zero-order valence-corrected chi connectivity index (χ0v) is 7.51. The van der Waals surface area contributed by atoms with Gasteiger partial charge in [0.1, 0.15) is 0 Å². The molecule has 0 radical (unpaired) electrons. The SMILES string of the molecule is Cc1ccn(Cc2ccccn2)n1. The number of rotatable bonds is 2. The summed E-state index contributed by atoms with van der Waals surface area (Å²) in [5.41, 5.74) is 2.07. The lowest BCUT2D eigenvalue weighted by Gasteiger charge is -1.99. The second-order valence-corrected chi connectivity index (χ2v) is 2.98. The summed E-state index contributed by atoms with van der Waals surface area (Å²) >= 11 is 0. The van der Waals surface area contributed by atoms with Crippen molar-refractivity contribution in [2.45, 2.75) is 13.5 Å². The van der Waals surface area contributed by atoms with Crippen molar-refractivity contribution in [3.8, 4) is 0 Å². The Hall–Kier alpha value is -1.64. The van der Waals surface area contributed by atoms with Crippen molar-refractivity contribution in [3.63, 3.8) is 0 Å². The smallest absolute Gasteiger partial charge is 0.0831 e. The highest BCUT2D eigenvalue weighted by atomic mass is 15.3. The van der Waals surface area contributed by atoms with Crippen molar-refractivity contribution < 1.29 is 0 Å². The normalized spacial score (nSPS) is 10.2. The Bertz CT molecular complexity index is 378. The molecule has 66 valence electrons. The first kappa shape index (κ1) is 7.98. The maximum atomic E-state index is 4.28. The van der Waals surface area contributed by atoms with E-state index in [4.69, 9.17) is 0 Å². The molecule has 0 saturated heterocycles. The van der Waals surface area contributed by atoms with Crippen LogP contribution in [0.1, 0.15) is 11.4 Å². The standard InChI is InChI=1S/C10H11N3/c1-9-5-7-13(12-9)8-10-4-2-3-6-11-10/h2-7H,8H2,1H3. The highest BCUT2D eigenvalue weighted by molar-refractivity contribution is 5.04. The summed E-state index contributed by atoms with van der Waals surface area (Å²) in [5.74, 6) is 0. The summed E-state index contributed by atoms with van der Waals surface area (Å²) in [6.07, 6.45) is 3.76. The van der Waals surface area contributed by atoms with Crippen LogP contribution in [0.15, 0.2) is 36.7 Å². The van der Waals surface area contributed by atoms with Crippen LogP contribution < -0.4 is 0 Å². The molecule has 0 saturated carbocycles. The van der Waals surface area contributed by atoms with Crippen molar-refractivity contribution >= 4 is 0 Å². The predicted octanol–water partition coefficient (Wildman–Crippen LogP) is 1.63. The molecule has 13 heavy (non-hydrogen) atoms. The number of nitrogens with zero attached hydrogens (tertiary/aromatic N) is 3. The molecule has 0 N–H and O–H groups in total. The van der Waals surface area contributed by atoms with Crippen LogP contribution in [0.2, 0.25) is 0 Å². The van der Waals surface area contributed by atoms with Crippen molar-refractivity contribution in [1.29, 1.82) is 0 Å². The van der Waals surface area contributed by atoms with E-state index in [1.165, 1.54) is 0 Å². The molecule has 3 heteroatoms. The van der Waals surface area contributed by atoms with Gasteiger partial charge >= 0.3 is 0 Å². The van der Waals surface area contributed by atoms with E-state index in [2.05, 4.69) is 10.1 Å². The number of hydrogen-bond acceptors (Lipinski definition) is 2. The van der Waals surface area contributed by atoms with Gasteiger partial charge in [-0.1, -0.05) is 6.07 Å². The zero-order chi connectivity index (χ0) is 9.10. The van der Waals surface area contributed by atoms with E-state index < -0.39 is 0 Å². The van der Waals surface area contributed by atoms with Crippen LogP contribution in [-0.2, 0) is 6.54 Å². The highest BCUT2D eigenvalue weighted by Crippen LogP contribution is 1.98. The monoisotopic (exact) mass is 173 g/mol. The van der Waals surface area contributed by atoms with Gasteiger partial charge < -0.3 is 0 Å². The molecule has 0 aliphatic heterocycles. The first-order valence-electron chi connectivity index (χ1n) is 4.24. The quantitative estimate of drug-likeness (QED) is 0.691. The van der Waals surface area contributed by atoms with Gasteiger partial charge in [0.2, 0.25) is 0 Å². The van der Waals surface area contributed by atoms with Crippen LogP contribution in [0, 0.1) is 6.92 Å². The van der Waals surface area contributed by atoms with E-state index in [1.807, 2.05) is 42.1 Å². The van der Waals surface area contributed by atoms with Gasteiger partial charge in [-0.05, 0) is 25.1 Å². The van der Waals surface area contributed by atoms with E-state index in [1.54, 1.807) is 6.20 Å². The van der Waals surface area contributed by atoms with Crippen LogP contribution in [0.25, 0.3) is 0 Å². The van der Waals surface area contributed by atoms with Crippen molar-refractivity contribution in [2.75, 3.05) is 0 Å². The summed E-state index contributed by atoms with van der Waals surface area (Å²) in [4.78, 5) is 4.22. The van der Waals surface area contributed by atoms with Gasteiger partial charge in [0.25, 0.3) is 0 Å². The molecule has 0 amide bonds. The third-order valence-corrected chi connectivity index (χ3v) is 1.82. The second kappa shape index (κ2) is 3.39. The highest BCUT2D eigenvalue weighted by Gasteiger charge is 1.95. The Morgan fingerprint density at radius 2 is 2.23 bits per heavy atom. The summed E-state index contributed by atoms with van der Waals surface area (Å²) in [7, 11) is 0.